The average Bonchev–Trinajstić information content (AvgIpc) is 2.21. The van der Waals surface area contributed by atoms with E-state index in [9.17, 15) is 4.79 Å². The lowest BCUT2D eigenvalue weighted by Gasteiger charge is -2.36. The second-order valence-electron chi connectivity index (χ2n) is 5.01. The summed E-state index contributed by atoms with van der Waals surface area (Å²) < 4.78 is 0. The van der Waals surface area contributed by atoms with Crippen LogP contribution in [0.1, 0.15) is 33.6 Å². The van der Waals surface area contributed by atoms with Gasteiger partial charge in [0, 0.05) is 19.0 Å². The number of piperidine rings is 1. The van der Waals surface area contributed by atoms with Crippen molar-refractivity contribution < 1.29 is 4.79 Å². The molecule has 1 amide bonds. The van der Waals surface area contributed by atoms with Crippen LogP contribution in [0.2, 0.25) is 0 Å². The largest absolute Gasteiger partial charge is 0.342 e. The van der Waals surface area contributed by atoms with Crippen LogP contribution in [0, 0.1) is 17.8 Å². The van der Waals surface area contributed by atoms with Gasteiger partial charge in [-0.2, -0.15) is 0 Å². The maximum Gasteiger partial charge on any atom is 0.225 e. The SMILES string of the molecule is CC(CCN)C(=O)N1CCC(C)C(C)C1. The predicted molar refractivity (Wildman–Crippen MR) is 62.4 cm³/mol. The quantitative estimate of drug-likeness (QED) is 0.770. The molecule has 3 nitrogen and oxygen atoms in total. The summed E-state index contributed by atoms with van der Waals surface area (Å²) in [6.07, 6.45) is 1.95. The first-order valence-electron chi connectivity index (χ1n) is 6.05. The van der Waals surface area contributed by atoms with Gasteiger partial charge in [-0.25, -0.2) is 0 Å². The fourth-order valence-electron chi connectivity index (χ4n) is 2.15. The van der Waals surface area contributed by atoms with Gasteiger partial charge in [-0.3, -0.25) is 4.79 Å². The van der Waals surface area contributed by atoms with Crippen LogP contribution in [-0.2, 0) is 4.79 Å². The zero-order valence-corrected chi connectivity index (χ0v) is 10.2. The Morgan fingerprint density at radius 3 is 2.67 bits per heavy atom. The van der Waals surface area contributed by atoms with Crippen LogP contribution in [0.5, 0.6) is 0 Å². The third kappa shape index (κ3) is 3.20. The second-order valence-corrected chi connectivity index (χ2v) is 5.01. The second kappa shape index (κ2) is 5.50. The predicted octanol–water partition coefficient (Wildman–Crippen LogP) is 1.48. The zero-order chi connectivity index (χ0) is 11.4. The summed E-state index contributed by atoms with van der Waals surface area (Å²) in [7, 11) is 0. The van der Waals surface area contributed by atoms with Crippen LogP contribution in [0.4, 0.5) is 0 Å². The van der Waals surface area contributed by atoms with Gasteiger partial charge in [0.15, 0.2) is 0 Å². The molecule has 1 fully saturated rings. The molecule has 0 aromatic carbocycles. The summed E-state index contributed by atoms with van der Waals surface area (Å²) in [5, 5.41) is 0. The molecule has 0 aliphatic carbocycles. The van der Waals surface area contributed by atoms with E-state index in [0.717, 1.165) is 31.8 Å². The molecular formula is C12H24N2O. The van der Waals surface area contributed by atoms with Crippen LogP contribution >= 0.6 is 0 Å². The number of hydrogen-bond donors (Lipinski definition) is 1. The Hall–Kier alpha value is -0.570. The van der Waals surface area contributed by atoms with Crippen LogP contribution in [-0.4, -0.2) is 30.4 Å². The van der Waals surface area contributed by atoms with Gasteiger partial charge < -0.3 is 10.6 Å². The van der Waals surface area contributed by atoms with Crippen molar-refractivity contribution in [2.75, 3.05) is 19.6 Å². The Morgan fingerprint density at radius 2 is 2.13 bits per heavy atom. The van der Waals surface area contributed by atoms with Crippen molar-refractivity contribution in [1.82, 2.24) is 4.90 Å². The normalized spacial score (nSPS) is 28.9. The summed E-state index contributed by atoms with van der Waals surface area (Å²) >= 11 is 0. The Bertz CT molecular complexity index is 218. The minimum absolute atomic E-state index is 0.0932. The van der Waals surface area contributed by atoms with E-state index < -0.39 is 0 Å². The van der Waals surface area contributed by atoms with Gasteiger partial charge in [-0.05, 0) is 31.2 Å². The standard InChI is InChI=1S/C12H24N2O/c1-9-5-7-14(8-11(9)3)12(15)10(2)4-6-13/h9-11H,4-8,13H2,1-3H3. The minimum Gasteiger partial charge on any atom is -0.342 e. The third-order valence-corrected chi connectivity index (χ3v) is 3.67. The Balaban J connectivity index is 2.47. The number of nitrogens with two attached hydrogens (primary N) is 1. The number of likely N-dealkylation sites (tertiary alicyclic amines) is 1. The number of carbonyl (C=O) groups excluding carboxylic acids is 1. The highest BCUT2D eigenvalue weighted by atomic mass is 16.2. The molecule has 0 bridgehead atoms. The van der Waals surface area contributed by atoms with Crippen molar-refractivity contribution in [2.45, 2.75) is 33.6 Å². The van der Waals surface area contributed by atoms with Crippen LogP contribution in [0.25, 0.3) is 0 Å². The summed E-state index contributed by atoms with van der Waals surface area (Å²) in [6, 6.07) is 0. The lowest BCUT2D eigenvalue weighted by molar-refractivity contribution is -0.137. The number of carbonyl (C=O) groups is 1. The highest BCUT2D eigenvalue weighted by molar-refractivity contribution is 5.78. The molecule has 0 spiro atoms. The molecule has 1 heterocycles. The van der Waals surface area contributed by atoms with Gasteiger partial charge in [0.05, 0.1) is 0 Å². The first kappa shape index (κ1) is 12.5. The van der Waals surface area contributed by atoms with Crippen molar-refractivity contribution in [3.8, 4) is 0 Å². The van der Waals surface area contributed by atoms with E-state index in [2.05, 4.69) is 13.8 Å². The monoisotopic (exact) mass is 212 g/mol. The van der Waals surface area contributed by atoms with Crippen LogP contribution in [0.3, 0.4) is 0 Å². The van der Waals surface area contributed by atoms with E-state index in [1.54, 1.807) is 0 Å². The molecule has 0 aromatic heterocycles. The van der Waals surface area contributed by atoms with Gasteiger partial charge in [0.1, 0.15) is 0 Å². The minimum atomic E-state index is 0.0932. The summed E-state index contributed by atoms with van der Waals surface area (Å²) in [4.78, 5) is 14.0. The van der Waals surface area contributed by atoms with Gasteiger partial charge >= 0.3 is 0 Å². The molecular weight excluding hydrogens is 188 g/mol. The summed E-state index contributed by atoms with van der Waals surface area (Å²) in [5.74, 6) is 1.77. The van der Waals surface area contributed by atoms with Gasteiger partial charge in [-0.1, -0.05) is 20.8 Å². The Labute approximate surface area is 93.0 Å². The van der Waals surface area contributed by atoms with E-state index in [1.165, 1.54) is 0 Å². The molecule has 1 aliphatic heterocycles. The summed E-state index contributed by atoms with van der Waals surface area (Å²) in [5.41, 5.74) is 5.48. The van der Waals surface area contributed by atoms with Gasteiger partial charge in [0.25, 0.3) is 0 Å². The average molecular weight is 212 g/mol. The fourth-order valence-corrected chi connectivity index (χ4v) is 2.15. The number of hydrogen-bond acceptors (Lipinski definition) is 2. The molecule has 15 heavy (non-hydrogen) atoms. The molecule has 0 radical (unpaired) electrons. The van der Waals surface area contributed by atoms with E-state index in [0.29, 0.717) is 18.4 Å². The van der Waals surface area contributed by atoms with Crippen molar-refractivity contribution in [1.29, 1.82) is 0 Å². The highest BCUT2D eigenvalue weighted by Crippen LogP contribution is 2.23. The Kier molecular flexibility index (Phi) is 4.58. The lowest BCUT2D eigenvalue weighted by atomic mass is 9.88. The maximum atomic E-state index is 12.0. The molecule has 0 saturated carbocycles. The topological polar surface area (TPSA) is 46.3 Å². The first-order valence-corrected chi connectivity index (χ1v) is 6.05. The Morgan fingerprint density at radius 1 is 1.47 bits per heavy atom. The zero-order valence-electron chi connectivity index (χ0n) is 10.2. The molecule has 3 heteroatoms. The first-order chi connectivity index (χ1) is 7.06. The molecule has 0 aromatic rings. The molecule has 3 unspecified atom stereocenters. The smallest absolute Gasteiger partial charge is 0.225 e. The van der Waals surface area contributed by atoms with Crippen molar-refractivity contribution in [2.24, 2.45) is 23.5 Å². The molecule has 1 saturated heterocycles. The fraction of sp³-hybridized carbons (Fsp3) is 0.917. The van der Waals surface area contributed by atoms with Crippen molar-refractivity contribution >= 4 is 5.91 Å². The molecule has 3 atom stereocenters. The molecule has 2 N–H and O–H groups in total. The van der Waals surface area contributed by atoms with E-state index >= 15 is 0 Å². The van der Waals surface area contributed by atoms with Gasteiger partial charge in [-0.15, -0.1) is 0 Å². The van der Waals surface area contributed by atoms with Crippen LogP contribution in [0.15, 0.2) is 0 Å². The van der Waals surface area contributed by atoms with Crippen LogP contribution < -0.4 is 5.73 Å². The van der Waals surface area contributed by atoms with Crippen molar-refractivity contribution in [3.05, 3.63) is 0 Å². The lowest BCUT2D eigenvalue weighted by Crippen LogP contribution is -2.44. The van der Waals surface area contributed by atoms with Gasteiger partial charge in [0.2, 0.25) is 5.91 Å². The van der Waals surface area contributed by atoms with E-state index in [-0.39, 0.29) is 5.92 Å². The number of nitrogens with zero attached hydrogens (tertiary/aromatic N) is 1. The van der Waals surface area contributed by atoms with E-state index in [1.807, 2.05) is 11.8 Å². The molecule has 88 valence electrons. The molecule has 1 rings (SSSR count). The number of amides is 1. The third-order valence-electron chi connectivity index (χ3n) is 3.67. The number of rotatable bonds is 3. The van der Waals surface area contributed by atoms with E-state index in [4.69, 9.17) is 5.73 Å². The maximum absolute atomic E-state index is 12.0. The highest BCUT2D eigenvalue weighted by Gasteiger charge is 2.27. The van der Waals surface area contributed by atoms with Crippen molar-refractivity contribution in [3.63, 3.8) is 0 Å². The summed E-state index contributed by atoms with van der Waals surface area (Å²) in [6.45, 7) is 8.95. The molecule has 1 aliphatic rings.